The number of aliphatic hydroxyl groups is 2. The lowest BCUT2D eigenvalue weighted by Crippen LogP contribution is -2.38. The number of primary amides is 1. The highest BCUT2D eigenvalue weighted by Gasteiger charge is 2.45. The predicted molar refractivity (Wildman–Crippen MR) is 81.7 cm³/mol. The summed E-state index contributed by atoms with van der Waals surface area (Å²) in [5, 5.41) is 23.9. The number of carbonyl (C=O) groups excluding carboxylic acids is 2. The lowest BCUT2D eigenvalue weighted by atomic mass is 10.1. The summed E-state index contributed by atoms with van der Waals surface area (Å²) >= 11 is 0. The molecule has 0 unspecified atom stereocenters. The molecular weight excluding hydrogens is 336 g/mol. The van der Waals surface area contributed by atoms with Crippen molar-refractivity contribution in [3.63, 3.8) is 0 Å². The first-order valence-electron chi connectivity index (χ1n) is 7.70. The Labute approximate surface area is 142 Å². The highest BCUT2D eigenvalue weighted by atomic mass is 16.6. The van der Waals surface area contributed by atoms with Gasteiger partial charge in [0.05, 0.1) is 0 Å². The minimum absolute atomic E-state index is 0.258. The van der Waals surface area contributed by atoms with E-state index < -0.39 is 42.5 Å². The number of amides is 1. The Hall–Kier alpha value is -2.12. The minimum Gasteiger partial charge on any atom is -0.462 e. The van der Waals surface area contributed by atoms with Crippen molar-refractivity contribution in [3.05, 3.63) is 12.2 Å². The first-order valence-corrected chi connectivity index (χ1v) is 7.70. The molecule has 5 atom stereocenters. The van der Waals surface area contributed by atoms with E-state index in [4.69, 9.17) is 26.7 Å². The van der Waals surface area contributed by atoms with Crippen molar-refractivity contribution < 1.29 is 29.3 Å². The Morgan fingerprint density at radius 3 is 2.72 bits per heavy atom. The van der Waals surface area contributed by atoms with Crippen molar-refractivity contribution in [2.45, 2.75) is 43.4 Å². The van der Waals surface area contributed by atoms with Gasteiger partial charge >= 0.3 is 5.97 Å². The average Bonchev–Trinajstić information content (AvgIpc) is 3.17. The van der Waals surface area contributed by atoms with Crippen molar-refractivity contribution >= 4 is 11.9 Å². The van der Waals surface area contributed by atoms with Crippen LogP contribution in [0.25, 0.3) is 0 Å². The molecule has 0 saturated carbocycles. The Kier molecular flexibility index (Phi) is 6.39. The fourth-order valence-corrected chi connectivity index (χ4v) is 2.32. The van der Waals surface area contributed by atoms with Gasteiger partial charge in [0.25, 0.3) is 5.91 Å². The predicted octanol–water partition coefficient (Wildman–Crippen LogP) is -3.39. The summed E-state index contributed by atoms with van der Waals surface area (Å²) < 4.78 is 11.5. The van der Waals surface area contributed by atoms with E-state index >= 15 is 0 Å². The van der Waals surface area contributed by atoms with Crippen LogP contribution in [0.1, 0.15) is 29.7 Å². The van der Waals surface area contributed by atoms with Crippen LogP contribution in [0.4, 0.5) is 0 Å². The van der Waals surface area contributed by atoms with Crippen molar-refractivity contribution in [2.24, 2.45) is 17.2 Å². The molecule has 12 nitrogen and oxygen atoms in total. The molecule has 0 spiro atoms. The molecule has 1 aromatic rings. The van der Waals surface area contributed by atoms with Crippen LogP contribution in [0.2, 0.25) is 0 Å². The SMILES string of the molecule is NCCC[C@H](N)C(=O)OC[C@H]1O[C@@H](n2cnc(C(N)=O)n2)[C@H](O)[C@@H]1O. The summed E-state index contributed by atoms with van der Waals surface area (Å²) in [6.07, 6.45) is -2.71. The third kappa shape index (κ3) is 4.49. The molecule has 1 aliphatic heterocycles. The van der Waals surface area contributed by atoms with Crippen molar-refractivity contribution in [2.75, 3.05) is 13.2 Å². The topological polar surface area (TPSA) is 202 Å². The molecule has 140 valence electrons. The molecule has 25 heavy (non-hydrogen) atoms. The summed E-state index contributed by atoms with van der Waals surface area (Å²) in [6.45, 7) is 0.103. The number of carbonyl (C=O) groups is 2. The van der Waals surface area contributed by atoms with E-state index in [1.165, 1.54) is 0 Å². The molecule has 1 aromatic heterocycles. The highest BCUT2D eigenvalue weighted by Crippen LogP contribution is 2.29. The maximum Gasteiger partial charge on any atom is 0.323 e. The smallest absolute Gasteiger partial charge is 0.323 e. The standard InChI is InChI=1S/C13H22N6O6/c14-3-1-2-6(15)13(23)24-4-7-8(20)9(21)12(25-7)19-5-17-11(18-19)10(16)22/h5-9,12,20-21H,1-4,14-15H2,(H2,16,22)/t6-,7+,8+,9+,12+/m0/s1. The van der Waals surface area contributed by atoms with Crippen LogP contribution in [0.15, 0.2) is 6.33 Å². The van der Waals surface area contributed by atoms with E-state index in [1.54, 1.807) is 0 Å². The van der Waals surface area contributed by atoms with E-state index in [2.05, 4.69) is 10.1 Å². The molecular formula is C13H22N6O6. The summed E-state index contributed by atoms with van der Waals surface area (Å²) in [5.41, 5.74) is 16.0. The molecule has 12 heteroatoms. The quantitative estimate of drug-likeness (QED) is 0.291. The fraction of sp³-hybridized carbons (Fsp3) is 0.692. The number of hydrogen-bond donors (Lipinski definition) is 5. The van der Waals surface area contributed by atoms with Crippen LogP contribution < -0.4 is 17.2 Å². The molecule has 2 heterocycles. The van der Waals surface area contributed by atoms with Crippen molar-refractivity contribution in [3.8, 4) is 0 Å². The third-order valence-corrected chi connectivity index (χ3v) is 3.74. The van der Waals surface area contributed by atoms with Gasteiger partial charge in [-0.15, -0.1) is 5.10 Å². The van der Waals surface area contributed by atoms with Crippen molar-refractivity contribution in [1.29, 1.82) is 0 Å². The van der Waals surface area contributed by atoms with Crippen LogP contribution in [0.3, 0.4) is 0 Å². The maximum atomic E-state index is 11.8. The number of rotatable bonds is 8. The minimum atomic E-state index is -1.36. The number of aromatic nitrogens is 3. The van der Waals surface area contributed by atoms with Gasteiger partial charge in [-0.2, -0.15) is 0 Å². The first kappa shape index (κ1) is 19.2. The van der Waals surface area contributed by atoms with Crippen LogP contribution in [-0.4, -0.2) is 74.4 Å². The van der Waals surface area contributed by atoms with Crippen molar-refractivity contribution in [1.82, 2.24) is 14.8 Å². The zero-order chi connectivity index (χ0) is 18.6. The molecule has 1 fully saturated rings. The summed E-state index contributed by atoms with van der Waals surface area (Å²) in [4.78, 5) is 26.4. The number of nitrogens with zero attached hydrogens (tertiary/aromatic N) is 3. The van der Waals surface area contributed by atoms with Gasteiger partial charge in [0.15, 0.2) is 6.23 Å². The zero-order valence-corrected chi connectivity index (χ0v) is 13.4. The van der Waals surface area contributed by atoms with Gasteiger partial charge in [-0.25, -0.2) is 9.67 Å². The largest absolute Gasteiger partial charge is 0.462 e. The maximum absolute atomic E-state index is 11.8. The van der Waals surface area contributed by atoms with Gasteiger partial charge in [0.2, 0.25) is 5.82 Å². The zero-order valence-electron chi connectivity index (χ0n) is 13.4. The van der Waals surface area contributed by atoms with Gasteiger partial charge in [0, 0.05) is 0 Å². The molecule has 0 bridgehead atoms. The summed E-state index contributed by atoms with van der Waals surface area (Å²) in [7, 11) is 0. The van der Waals surface area contributed by atoms with Gasteiger partial charge in [-0.05, 0) is 19.4 Å². The average molecular weight is 358 g/mol. The van der Waals surface area contributed by atoms with E-state index in [1.807, 2.05) is 0 Å². The molecule has 2 rings (SSSR count). The number of nitrogens with two attached hydrogens (primary N) is 3. The molecule has 1 saturated heterocycles. The lowest BCUT2D eigenvalue weighted by molar-refractivity contribution is -0.152. The van der Waals surface area contributed by atoms with Gasteiger partial charge in [0.1, 0.15) is 37.3 Å². The normalized spacial score (nSPS) is 27.2. The van der Waals surface area contributed by atoms with E-state index in [9.17, 15) is 19.8 Å². The van der Waals surface area contributed by atoms with Crippen LogP contribution in [-0.2, 0) is 14.3 Å². The Morgan fingerprint density at radius 2 is 2.12 bits per heavy atom. The molecule has 1 amide bonds. The van der Waals surface area contributed by atoms with Crippen LogP contribution >= 0.6 is 0 Å². The Bertz CT molecular complexity index is 610. The second-order valence-electron chi connectivity index (χ2n) is 5.63. The second kappa shape index (κ2) is 8.31. The van der Waals surface area contributed by atoms with Gasteiger partial charge in [-0.3, -0.25) is 9.59 Å². The van der Waals surface area contributed by atoms with Crippen LogP contribution in [0.5, 0.6) is 0 Å². The van der Waals surface area contributed by atoms with Gasteiger partial charge in [-0.1, -0.05) is 0 Å². The van der Waals surface area contributed by atoms with E-state index in [0.717, 1.165) is 11.0 Å². The fourth-order valence-electron chi connectivity index (χ4n) is 2.32. The number of ether oxygens (including phenoxy) is 2. The highest BCUT2D eigenvalue weighted by molar-refractivity contribution is 5.88. The molecule has 8 N–H and O–H groups in total. The number of hydrogen-bond acceptors (Lipinski definition) is 10. The number of esters is 1. The second-order valence-corrected chi connectivity index (χ2v) is 5.63. The number of aliphatic hydroxyl groups excluding tert-OH is 2. The van der Waals surface area contributed by atoms with E-state index in [-0.39, 0.29) is 12.4 Å². The Morgan fingerprint density at radius 1 is 1.40 bits per heavy atom. The summed E-state index contributed by atoms with van der Waals surface area (Å²) in [6, 6.07) is -0.823. The molecule has 0 aliphatic carbocycles. The molecule has 0 radical (unpaired) electrons. The summed E-state index contributed by atoms with van der Waals surface area (Å²) in [5.74, 6) is -1.76. The first-order chi connectivity index (χ1) is 11.8. The van der Waals surface area contributed by atoms with E-state index in [0.29, 0.717) is 19.4 Å². The lowest BCUT2D eigenvalue weighted by Gasteiger charge is -2.16. The third-order valence-electron chi connectivity index (χ3n) is 3.74. The molecule has 0 aromatic carbocycles. The molecule has 1 aliphatic rings. The monoisotopic (exact) mass is 358 g/mol. The van der Waals surface area contributed by atoms with Crippen LogP contribution in [0, 0.1) is 0 Å². The van der Waals surface area contributed by atoms with Gasteiger partial charge < -0.3 is 36.9 Å². The Balaban J connectivity index is 1.92.